The summed E-state index contributed by atoms with van der Waals surface area (Å²) in [5.41, 5.74) is 0. The summed E-state index contributed by atoms with van der Waals surface area (Å²) in [6.45, 7) is 2.59. The standard InChI is InChI=1S/C54H98O15/c1-3-5-7-9-11-13-15-17-19-21-23-25-27-29-31-33-35-37-46(57)67-42(39-64-45(56)36-34-32-30-28-26-24-22-20-18-16-14-12-10-8-6-4-2)40-65-53-52(63)50(61)48(59)44(69-53)41-66-54-51(62)49(60)47(58)43(38-55)68-54/h17,19-20,22,42-44,47-55,58-63H,3-16,18,21,23-41H2,1-2H3/b19-17-,22-20-. The quantitative estimate of drug-likeness (QED) is 0.0173. The Hall–Kier alpha value is -2.02. The molecule has 15 nitrogen and oxygen atoms in total. The summed E-state index contributed by atoms with van der Waals surface area (Å²) < 4.78 is 33.6. The predicted molar refractivity (Wildman–Crippen MR) is 266 cm³/mol. The molecular weight excluding hydrogens is 889 g/mol. The summed E-state index contributed by atoms with van der Waals surface area (Å²) >= 11 is 0. The van der Waals surface area contributed by atoms with Crippen molar-refractivity contribution in [2.45, 2.75) is 280 Å². The maximum Gasteiger partial charge on any atom is 0.306 e. The monoisotopic (exact) mass is 987 g/mol. The van der Waals surface area contributed by atoms with Crippen molar-refractivity contribution in [1.29, 1.82) is 0 Å². The van der Waals surface area contributed by atoms with Crippen LogP contribution in [0.5, 0.6) is 0 Å². The Morgan fingerprint density at radius 3 is 1.28 bits per heavy atom. The molecule has 7 N–H and O–H groups in total. The summed E-state index contributed by atoms with van der Waals surface area (Å²) in [6.07, 6.45) is 26.2. The molecule has 15 heteroatoms. The summed E-state index contributed by atoms with van der Waals surface area (Å²) in [6, 6.07) is 0. The zero-order valence-electron chi connectivity index (χ0n) is 42.8. The van der Waals surface area contributed by atoms with E-state index in [2.05, 4.69) is 38.2 Å². The van der Waals surface area contributed by atoms with Gasteiger partial charge in [-0.05, 0) is 64.2 Å². The number of rotatable bonds is 43. The molecule has 0 aliphatic carbocycles. The van der Waals surface area contributed by atoms with Crippen LogP contribution < -0.4 is 0 Å². The number of esters is 2. The number of aliphatic hydroxyl groups is 7. The Morgan fingerprint density at radius 1 is 0.449 bits per heavy atom. The highest BCUT2D eigenvalue weighted by atomic mass is 16.7. The number of carbonyl (C=O) groups is 2. The molecule has 69 heavy (non-hydrogen) atoms. The smallest absolute Gasteiger partial charge is 0.306 e. The van der Waals surface area contributed by atoms with Crippen LogP contribution >= 0.6 is 0 Å². The van der Waals surface area contributed by atoms with Crippen molar-refractivity contribution in [3.05, 3.63) is 24.3 Å². The van der Waals surface area contributed by atoms with Gasteiger partial charge in [0.05, 0.1) is 19.8 Å². The lowest BCUT2D eigenvalue weighted by atomic mass is 9.98. The van der Waals surface area contributed by atoms with Gasteiger partial charge < -0.3 is 64.2 Å². The lowest BCUT2D eigenvalue weighted by Gasteiger charge is -2.42. The fourth-order valence-corrected chi connectivity index (χ4v) is 8.62. The SMILES string of the molecule is CCCCCCCC/C=C\CCCCCCCCCC(=O)OC(COC(=O)CCCCCCC/C=C\CCCCCCCCC)COC1OC(COC2OC(CO)C(O)C(O)C2O)C(O)C(O)C1O. The van der Waals surface area contributed by atoms with E-state index in [0.29, 0.717) is 12.8 Å². The maximum atomic E-state index is 13.0. The predicted octanol–water partition coefficient (Wildman–Crippen LogP) is 8.33. The highest BCUT2D eigenvalue weighted by Gasteiger charge is 2.47. The van der Waals surface area contributed by atoms with E-state index in [9.17, 15) is 45.3 Å². The van der Waals surface area contributed by atoms with Gasteiger partial charge in [0.2, 0.25) is 0 Å². The average Bonchev–Trinajstić information content (AvgIpc) is 3.34. The minimum atomic E-state index is -1.77. The van der Waals surface area contributed by atoms with E-state index in [1.165, 1.54) is 103 Å². The molecule has 0 radical (unpaired) electrons. The molecule has 0 amide bonds. The van der Waals surface area contributed by atoms with Crippen LogP contribution in [0.3, 0.4) is 0 Å². The van der Waals surface area contributed by atoms with Crippen molar-refractivity contribution in [2.75, 3.05) is 26.4 Å². The number of hydrogen-bond acceptors (Lipinski definition) is 15. The zero-order chi connectivity index (χ0) is 50.3. The van der Waals surface area contributed by atoms with Gasteiger partial charge in [-0.1, -0.05) is 160 Å². The molecular formula is C54H98O15. The second-order valence-electron chi connectivity index (χ2n) is 19.4. The third-order valence-corrected chi connectivity index (χ3v) is 13.2. The molecule has 0 spiro atoms. The van der Waals surface area contributed by atoms with Gasteiger partial charge >= 0.3 is 11.9 Å². The van der Waals surface area contributed by atoms with E-state index < -0.39 is 92.7 Å². The normalized spacial score (nSPS) is 25.7. The van der Waals surface area contributed by atoms with E-state index in [1.54, 1.807) is 0 Å². The molecule has 2 saturated heterocycles. The van der Waals surface area contributed by atoms with Gasteiger partial charge in [0, 0.05) is 12.8 Å². The molecule has 2 aliphatic rings. The van der Waals surface area contributed by atoms with Gasteiger partial charge in [-0.2, -0.15) is 0 Å². The number of allylic oxidation sites excluding steroid dienone is 4. The van der Waals surface area contributed by atoms with Crippen molar-refractivity contribution < 1.29 is 73.8 Å². The number of ether oxygens (including phenoxy) is 6. The van der Waals surface area contributed by atoms with Gasteiger partial charge in [-0.3, -0.25) is 9.59 Å². The van der Waals surface area contributed by atoms with Crippen LogP contribution in [0.1, 0.15) is 213 Å². The molecule has 2 aliphatic heterocycles. The second-order valence-corrected chi connectivity index (χ2v) is 19.4. The Labute approximate surface area is 415 Å². The third kappa shape index (κ3) is 29.3. The number of hydrogen-bond donors (Lipinski definition) is 7. The molecule has 2 heterocycles. The van der Waals surface area contributed by atoms with Gasteiger partial charge in [0.15, 0.2) is 18.7 Å². The Kier molecular flexibility index (Phi) is 37.9. The van der Waals surface area contributed by atoms with Crippen LogP contribution in [0.4, 0.5) is 0 Å². The Morgan fingerprint density at radius 2 is 0.826 bits per heavy atom. The average molecular weight is 987 g/mol. The molecule has 11 atom stereocenters. The van der Waals surface area contributed by atoms with Crippen LogP contribution in [0.2, 0.25) is 0 Å². The minimum Gasteiger partial charge on any atom is -0.462 e. The first kappa shape index (κ1) is 63.1. The second kappa shape index (κ2) is 41.5. The van der Waals surface area contributed by atoms with Crippen LogP contribution in [-0.4, -0.2) is 142 Å². The molecule has 0 bridgehead atoms. The zero-order valence-corrected chi connectivity index (χ0v) is 42.8. The molecule has 2 fully saturated rings. The van der Waals surface area contributed by atoms with E-state index in [-0.39, 0.29) is 26.1 Å². The van der Waals surface area contributed by atoms with Crippen LogP contribution in [0.15, 0.2) is 24.3 Å². The first-order chi connectivity index (χ1) is 33.5. The van der Waals surface area contributed by atoms with Crippen molar-refractivity contribution in [1.82, 2.24) is 0 Å². The largest absolute Gasteiger partial charge is 0.462 e. The van der Waals surface area contributed by atoms with Gasteiger partial charge in [-0.25, -0.2) is 0 Å². The highest BCUT2D eigenvalue weighted by molar-refractivity contribution is 5.70. The molecule has 11 unspecified atom stereocenters. The molecule has 0 aromatic carbocycles. The highest BCUT2D eigenvalue weighted by Crippen LogP contribution is 2.26. The van der Waals surface area contributed by atoms with Gasteiger partial charge in [-0.15, -0.1) is 0 Å². The molecule has 0 aromatic rings. The van der Waals surface area contributed by atoms with Gasteiger partial charge in [0.1, 0.15) is 55.4 Å². The molecule has 0 aromatic heterocycles. The molecule has 404 valence electrons. The number of aliphatic hydroxyl groups excluding tert-OH is 7. The van der Waals surface area contributed by atoms with Crippen molar-refractivity contribution in [3.8, 4) is 0 Å². The summed E-state index contributed by atoms with van der Waals surface area (Å²) in [5.74, 6) is -0.933. The summed E-state index contributed by atoms with van der Waals surface area (Å²) in [7, 11) is 0. The van der Waals surface area contributed by atoms with Gasteiger partial charge in [0.25, 0.3) is 0 Å². The van der Waals surface area contributed by atoms with Crippen LogP contribution in [-0.2, 0) is 38.0 Å². The number of carbonyl (C=O) groups excluding carboxylic acids is 2. The summed E-state index contributed by atoms with van der Waals surface area (Å²) in [5, 5.41) is 72.2. The lowest BCUT2D eigenvalue weighted by Crippen LogP contribution is -2.61. The first-order valence-electron chi connectivity index (χ1n) is 27.4. The maximum absolute atomic E-state index is 13.0. The Bertz CT molecular complexity index is 1300. The summed E-state index contributed by atoms with van der Waals surface area (Å²) in [4.78, 5) is 25.8. The third-order valence-electron chi connectivity index (χ3n) is 13.2. The lowest BCUT2D eigenvalue weighted by molar-refractivity contribution is -0.332. The van der Waals surface area contributed by atoms with E-state index >= 15 is 0 Å². The fraction of sp³-hybridized carbons (Fsp3) is 0.889. The minimum absolute atomic E-state index is 0.160. The van der Waals surface area contributed by atoms with Crippen LogP contribution in [0, 0.1) is 0 Å². The van der Waals surface area contributed by atoms with E-state index in [0.717, 1.165) is 70.6 Å². The van der Waals surface area contributed by atoms with Crippen molar-refractivity contribution in [3.63, 3.8) is 0 Å². The fourth-order valence-electron chi connectivity index (χ4n) is 8.62. The molecule has 2 rings (SSSR count). The molecule has 0 saturated carbocycles. The van der Waals surface area contributed by atoms with Crippen molar-refractivity contribution in [2.24, 2.45) is 0 Å². The topological polar surface area (TPSA) is 231 Å². The van der Waals surface area contributed by atoms with Crippen LogP contribution in [0.25, 0.3) is 0 Å². The van der Waals surface area contributed by atoms with Crippen molar-refractivity contribution >= 4 is 11.9 Å². The Balaban J connectivity index is 1.79. The first-order valence-corrected chi connectivity index (χ1v) is 27.4. The van der Waals surface area contributed by atoms with E-state index in [4.69, 9.17) is 28.4 Å². The van der Waals surface area contributed by atoms with E-state index in [1.807, 2.05) is 0 Å². The number of unbranched alkanes of at least 4 members (excludes halogenated alkanes) is 25.